The summed E-state index contributed by atoms with van der Waals surface area (Å²) in [6, 6.07) is 6.31. The molecule has 0 spiro atoms. The number of aryl methyl sites for hydroxylation is 1. The lowest BCUT2D eigenvalue weighted by Crippen LogP contribution is -2.49. The molecule has 0 radical (unpaired) electrons. The molecule has 0 bridgehead atoms. The van der Waals surface area contributed by atoms with E-state index >= 15 is 0 Å². The van der Waals surface area contributed by atoms with Gasteiger partial charge in [-0.05, 0) is 24.3 Å². The number of carbonyl (C=O) groups excluding carboxylic acids is 1. The standard InChI is InChI=1S/C22H33N5O3S/c1-4-21-23-11-12-25(21)16-13-24-14-17-26(18-15-24)22(28)19-7-9-20(10-8-19)31(29,30)27(5-2)6-3/h7-12H,4-6,13-18H2,1-3H3. The zero-order valence-electron chi connectivity index (χ0n) is 18.7. The number of nitrogens with zero attached hydrogens (tertiary/aromatic N) is 5. The molecule has 3 rings (SSSR count). The molecule has 170 valence electrons. The minimum absolute atomic E-state index is 0.0469. The number of rotatable bonds is 9. The fourth-order valence-corrected chi connectivity index (χ4v) is 5.40. The van der Waals surface area contributed by atoms with Gasteiger partial charge in [-0.15, -0.1) is 0 Å². The first kappa shape index (κ1) is 23.4. The van der Waals surface area contributed by atoms with Crippen LogP contribution in [-0.4, -0.2) is 83.8 Å². The summed E-state index contributed by atoms with van der Waals surface area (Å²) < 4.78 is 28.8. The summed E-state index contributed by atoms with van der Waals surface area (Å²) >= 11 is 0. The highest BCUT2D eigenvalue weighted by Crippen LogP contribution is 2.17. The normalized spacial score (nSPS) is 15.5. The highest BCUT2D eigenvalue weighted by Gasteiger charge is 2.24. The molecule has 2 aromatic rings. The molecule has 0 N–H and O–H groups in total. The molecular formula is C22H33N5O3S. The second-order valence-electron chi connectivity index (χ2n) is 7.64. The van der Waals surface area contributed by atoms with Gasteiger partial charge in [0.2, 0.25) is 10.0 Å². The van der Waals surface area contributed by atoms with Gasteiger partial charge in [-0.2, -0.15) is 4.31 Å². The summed E-state index contributed by atoms with van der Waals surface area (Å²) in [5, 5.41) is 0. The maximum Gasteiger partial charge on any atom is 0.253 e. The Labute approximate surface area is 185 Å². The number of hydrogen-bond acceptors (Lipinski definition) is 5. The van der Waals surface area contributed by atoms with Crippen molar-refractivity contribution >= 4 is 15.9 Å². The predicted octanol–water partition coefficient (Wildman–Crippen LogP) is 1.93. The van der Waals surface area contributed by atoms with E-state index in [4.69, 9.17) is 0 Å². The third-order valence-electron chi connectivity index (χ3n) is 5.88. The lowest BCUT2D eigenvalue weighted by molar-refractivity contribution is 0.0633. The average molecular weight is 448 g/mol. The van der Waals surface area contributed by atoms with Gasteiger partial charge in [0, 0.05) is 76.7 Å². The maximum atomic E-state index is 12.9. The van der Waals surface area contributed by atoms with Crippen LogP contribution >= 0.6 is 0 Å². The first-order valence-electron chi connectivity index (χ1n) is 11.0. The minimum atomic E-state index is -3.51. The van der Waals surface area contributed by atoms with Gasteiger partial charge < -0.3 is 9.47 Å². The Bertz CT molecular complexity index is 959. The highest BCUT2D eigenvalue weighted by molar-refractivity contribution is 7.89. The molecule has 1 aromatic heterocycles. The van der Waals surface area contributed by atoms with Gasteiger partial charge in [0.05, 0.1) is 4.90 Å². The van der Waals surface area contributed by atoms with Crippen molar-refractivity contribution in [1.29, 1.82) is 0 Å². The Morgan fingerprint density at radius 1 is 1.00 bits per heavy atom. The molecule has 1 saturated heterocycles. The van der Waals surface area contributed by atoms with Crippen LogP contribution in [-0.2, 0) is 23.0 Å². The molecule has 1 fully saturated rings. The summed E-state index contributed by atoms with van der Waals surface area (Å²) in [4.78, 5) is 21.7. The Hall–Kier alpha value is -2.23. The van der Waals surface area contributed by atoms with Crippen molar-refractivity contribution < 1.29 is 13.2 Å². The third kappa shape index (κ3) is 5.34. The molecule has 0 saturated carbocycles. The number of sulfonamides is 1. The largest absolute Gasteiger partial charge is 0.336 e. The number of hydrogen-bond donors (Lipinski definition) is 0. The molecule has 1 aliphatic rings. The number of carbonyl (C=O) groups is 1. The van der Waals surface area contributed by atoms with Crippen molar-refractivity contribution in [3.63, 3.8) is 0 Å². The number of imidazole rings is 1. The smallest absolute Gasteiger partial charge is 0.253 e. The summed E-state index contributed by atoms with van der Waals surface area (Å²) in [6.45, 7) is 11.4. The molecule has 0 atom stereocenters. The first-order chi connectivity index (χ1) is 14.9. The van der Waals surface area contributed by atoms with E-state index in [0.717, 1.165) is 38.4 Å². The van der Waals surface area contributed by atoms with Crippen LogP contribution in [0.4, 0.5) is 0 Å². The Balaban J connectivity index is 1.54. The molecule has 0 unspecified atom stereocenters. The second-order valence-corrected chi connectivity index (χ2v) is 9.58. The Morgan fingerprint density at radius 3 is 2.23 bits per heavy atom. The topological polar surface area (TPSA) is 78.8 Å². The molecule has 31 heavy (non-hydrogen) atoms. The fraction of sp³-hybridized carbons (Fsp3) is 0.545. The fourth-order valence-electron chi connectivity index (χ4n) is 3.95. The molecule has 1 aliphatic heterocycles. The van der Waals surface area contributed by atoms with Crippen LogP contribution in [0.15, 0.2) is 41.6 Å². The van der Waals surface area contributed by atoms with E-state index in [1.54, 1.807) is 12.1 Å². The lowest BCUT2D eigenvalue weighted by atomic mass is 10.2. The van der Waals surface area contributed by atoms with Gasteiger partial charge in [0.25, 0.3) is 5.91 Å². The zero-order valence-corrected chi connectivity index (χ0v) is 19.5. The van der Waals surface area contributed by atoms with Crippen LogP contribution in [0.25, 0.3) is 0 Å². The third-order valence-corrected chi connectivity index (χ3v) is 7.94. The van der Waals surface area contributed by atoms with Gasteiger partial charge in [-0.1, -0.05) is 20.8 Å². The van der Waals surface area contributed by atoms with E-state index < -0.39 is 10.0 Å². The summed E-state index contributed by atoms with van der Waals surface area (Å²) in [6.07, 6.45) is 4.78. The SMILES string of the molecule is CCc1nccn1CCN1CCN(C(=O)c2ccc(S(=O)(=O)N(CC)CC)cc2)CC1. The maximum absolute atomic E-state index is 12.9. The van der Waals surface area contributed by atoms with Gasteiger partial charge in [-0.25, -0.2) is 13.4 Å². The summed E-state index contributed by atoms with van der Waals surface area (Å²) in [5.41, 5.74) is 0.526. The Kier molecular flexibility index (Phi) is 7.85. The number of aromatic nitrogens is 2. The molecule has 8 nitrogen and oxygen atoms in total. The monoisotopic (exact) mass is 447 g/mol. The van der Waals surface area contributed by atoms with E-state index in [-0.39, 0.29) is 10.8 Å². The molecular weight excluding hydrogens is 414 g/mol. The van der Waals surface area contributed by atoms with Gasteiger partial charge in [0.1, 0.15) is 5.82 Å². The van der Waals surface area contributed by atoms with Crippen molar-refractivity contribution in [3.05, 3.63) is 48.0 Å². The first-order valence-corrected chi connectivity index (χ1v) is 12.5. The van der Waals surface area contributed by atoms with Crippen molar-refractivity contribution in [2.24, 2.45) is 0 Å². The second kappa shape index (κ2) is 10.4. The molecule has 1 aromatic carbocycles. The number of amides is 1. The number of piperazine rings is 1. The van der Waals surface area contributed by atoms with Crippen LogP contribution in [0.1, 0.15) is 37.0 Å². The van der Waals surface area contributed by atoms with E-state index in [0.29, 0.717) is 31.7 Å². The molecule has 9 heteroatoms. The summed E-state index contributed by atoms with van der Waals surface area (Å²) in [7, 11) is -3.51. The number of benzene rings is 1. The van der Waals surface area contributed by atoms with Crippen LogP contribution in [0.5, 0.6) is 0 Å². The van der Waals surface area contributed by atoms with E-state index in [1.165, 1.54) is 16.4 Å². The zero-order chi connectivity index (χ0) is 22.4. The molecule has 1 amide bonds. The van der Waals surface area contributed by atoms with Crippen molar-refractivity contribution in [2.45, 2.75) is 38.6 Å². The molecule has 0 aliphatic carbocycles. The van der Waals surface area contributed by atoms with Crippen molar-refractivity contribution in [3.8, 4) is 0 Å². The van der Waals surface area contributed by atoms with Crippen LogP contribution in [0, 0.1) is 0 Å². The predicted molar refractivity (Wildman–Crippen MR) is 120 cm³/mol. The van der Waals surface area contributed by atoms with Crippen LogP contribution in [0.3, 0.4) is 0 Å². The van der Waals surface area contributed by atoms with Crippen molar-refractivity contribution in [2.75, 3.05) is 45.8 Å². The van der Waals surface area contributed by atoms with E-state index in [1.807, 2.05) is 31.1 Å². The van der Waals surface area contributed by atoms with Gasteiger partial charge in [0.15, 0.2) is 0 Å². The van der Waals surface area contributed by atoms with Gasteiger partial charge >= 0.3 is 0 Å². The summed E-state index contributed by atoms with van der Waals surface area (Å²) in [5.74, 6) is 1.05. The van der Waals surface area contributed by atoms with E-state index in [9.17, 15) is 13.2 Å². The quantitative estimate of drug-likeness (QED) is 0.587. The van der Waals surface area contributed by atoms with Crippen LogP contribution in [0.2, 0.25) is 0 Å². The molecule has 2 heterocycles. The van der Waals surface area contributed by atoms with E-state index in [2.05, 4.69) is 21.4 Å². The lowest BCUT2D eigenvalue weighted by Gasteiger charge is -2.35. The van der Waals surface area contributed by atoms with Gasteiger partial charge in [-0.3, -0.25) is 9.69 Å². The van der Waals surface area contributed by atoms with Crippen molar-refractivity contribution in [1.82, 2.24) is 23.7 Å². The van der Waals surface area contributed by atoms with Crippen LogP contribution < -0.4 is 0 Å². The Morgan fingerprint density at radius 2 is 1.65 bits per heavy atom. The minimum Gasteiger partial charge on any atom is -0.336 e. The highest BCUT2D eigenvalue weighted by atomic mass is 32.2. The average Bonchev–Trinajstić information content (AvgIpc) is 3.26.